The number of carbonyl (C=O) groups is 1. The molecule has 3 heterocycles. The molecule has 0 saturated carbocycles. The SMILES string of the molecule is CC(C)n1nc(-c2c(Br)c3ccc(C(N)=O)cc3n2C)c2c(N)nccc21. The maximum Gasteiger partial charge on any atom is 0.248 e. The quantitative estimate of drug-likeness (QED) is 0.521. The molecular formula is C19H19BrN6O. The Kier molecular flexibility index (Phi) is 3.96. The standard InChI is InChI=1S/C19H19BrN6O/c1-9(2)26-12-6-7-23-18(21)14(12)16(24-26)17-15(20)11-5-4-10(19(22)27)8-13(11)25(17)3/h4-9H,1-3H3,(H2,21,23)(H2,22,27). The minimum atomic E-state index is -0.459. The van der Waals surface area contributed by atoms with E-state index in [1.54, 1.807) is 18.3 Å². The summed E-state index contributed by atoms with van der Waals surface area (Å²) in [5, 5.41) is 6.63. The zero-order valence-electron chi connectivity index (χ0n) is 15.2. The number of nitrogens with two attached hydrogens (primary N) is 2. The van der Waals surface area contributed by atoms with Gasteiger partial charge in [-0.1, -0.05) is 6.07 Å². The van der Waals surface area contributed by atoms with E-state index in [4.69, 9.17) is 16.6 Å². The Balaban J connectivity index is 2.10. The summed E-state index contributed by atoms with van der Waals surface area (Å²) in [6, 6.07) is 7.48. The summed E-state index contributed by atoms with van der Waals surface area (Å²) in [7, 11) is 1.93. The van der Waals surface area contributed by atoms with Crippen LogP contribution in [0.1, 0.15) is 30.2 Å². The highest BCUT2D eigenvalue weighted by Crippen LogP contribution is 2.41. The fourth-order valence-corrected chi connectivity index (χ4v) is 4.27. The smallest absolute Gasteiger partial charge is 0.248 e. The molecule has 0 aliphatic heterocycles. The van der Waals surface area contributed by atoms with Crippen molar-refractivity contribution in [1.82, 2.24) is 19.3 Å². The molecule has 7 nitrogen and oxygen atoms in total. The van der Waals surface area contributed by atoms with Gasteiger partial charge in [-0.2, -0.15) is 5.10 Å². The van der Waals surface area contributed by atoms with Crippen LogP contribution in [0.15, 0.2) is 34.9 Å². The van der Waals surface area contributed by atoms with E-state index in [1.807, 2.05) is 28.4 Å². The molecule has 0 bridgehead atoms. The number of nitrogens with zero attached hydrogens (tertiary/aromatic N) is 4. The van der Waals surface area contributed by atoms with Crippen LogP contribution in [-0.2, 0) is 7.05 Å². The molecule has 1 amide bonds. The summed E-state index contributed by atoms with van der Waals surface area (Å²) < 4.78 is 4.82. The topological polar surface area (TPSA) is 105 Å². The van der Waals surface area contributed by atoms with Gasteiger partial charge in [0.1, 0.15) is 11.5 Å². The van der Waals surface area contributed by atoms with E-state index in [-0.39, 0.29) is 6.04 Å². The lowest BCUT2D eigenvalue weighted by atomic mass is 10.1. The second kappa shape index (κ2) is 6.09. The molecular weight excluding hydrogens is 408 g/mol. The third kappa shape index (κ3) is 2.51. The number of benzene rings is 1. The molecule has 0 spiro atoms. The summed E-state index contributed by atoms with van der Waals surface area (Å²) in [6.07, 6.45) is 1.69. The first kappa shape index (κ1) is 17.5. The second-order valence-electron chi connectivity index (χ2n) is 6.80. The van der Waals surface area contributed by atoms with E-state index >= 15 is 0 Å². The minimum absolute atomic E-state index is 0.165. The highest BCUT2D eigenvalue weighted by atomic mass is 79.9. The molecule has 0 unspecified atom stereocenters. The number of hydrogen-bond acceptors (Lipinski definition) is 4. The number of nitrogen functional groups attached to an aromatic ring is 1. The Bertz CT molecular complexity index is 1220. The van der Waals surface area contributed by atoms with E-state index in [2.05, 4.69) is 34.8 Å². The van der Waals surface area contributed by atoms with Gasteiger partial charge >= 0.3 is 0 Å². The molecule has 8 heteroatoms. The van der Waals surface area contributed by atoms with Crippen molar-refractivity contribution in [2.75, 3.05) is 5.73 Å². The van der Waals surface area contributed by atoms with Gasteiger partial charge in [-0.05, 0) is 48.0 Å². The van der Waals surface area contributed by atoms with Crippen LogP contribution in [0.2, 0.25) is 0 Å². The fraction of sp³-hybridized carbons (Fsp3) is 0.211. The van der Waals surface area contributed by atoms with Crippen LogP contribution in [0.4, 0.5) is 5.82 Å². The molecule has 4 N–H and O–H groups in total. The normalized spacial score (nSPS) is 11.7. The van der Waals surface area contributed by atoms with Gasteiger partial charge in [0.15, 0.2) is 0 Å². The first-order chi connectivity index (χ1) is 12.8. The molecule has 0 atom stereocenters. The molecule has 3 aromatic heterocycles. The van der Waals surface area contributed by atoms with Crippen molar-refractivity contribution >= 4 is 49.5 Å². The average molecular weight is 427 g/mol. The number of carbonyl (C=O) groups excluding carboxylic acids is 1. The number of halogens is 1. The maximum absolute atomic E-state index is 11.6. The molecule has 0 fully saturated rings. The first-order valence-corrected chi connectivity index (χ1v) is 9.31. The first-order valence-electron chi connectivity index (χ1n) is 8.52. The lowest BCUT2D eigenvalue weighted by Gasteiger charge is -2.06. The summed E-state index contributed by atoms with van der Waals surface area (Å²) in [4.78, 5) is 15.8. The molecule has 27 heavy (non-hydrogen) atoms. The predicted molar refractivity (Wildman–Crippen MR) is 110 cm³/mol. The number of primary amides is 1. The van der Waals surface area contributed by atoms with Gasteiger partial charge in [0.25, 0.3) is 0 Å². The predicted octanol–water partition coefficient (Wildman–Crippen LogP) is 3.61. The molecule has 138 valence electrons. The lowest BCUT2D eigenvalue weighted by Crippen LogP contribution is -2.10. The summed E-state index contributed by atoms with van der Waals surface area (Å²) in [5.41, 5.74) is 15.5. The van der Waals surface area contributed by atoms with Crippen molar-refractivity contribution in [2.24, 2.45) is 12.8 Å². The van der Waals surface area contributed by atoms with Crippen LogP contribution >= 0.6 is 15.9 Å². The molecule has 1 aromatic carbocycles. The monoisotopic (exact) mass is 426 g/mol. The Morgan fingerprint density at radius 2 is 1.96 bits per heavy atom. The van der Waals surface area contributed by atoms with E-state index in [1.165, 1.54) is 0 Å². The number of aromatic nitrogens is 4. The van der Waals surface area contributed by atoms with Gasteiger partial charge in [0, 0.05) is 30.2 Å². The van der Waals surface area contributed by atoms with Gasteiger partial charge in [-0.25, -0.2) is 4.98 Å². The van der Waals surface area contributed by atoms with Crippen LogP contribution in [0.25, 0.3) is 33.2 Å². The van der Waals surface area contributed by atoms with Crippen LogP contribution < -0.4 is 11.5 Å². The van der Waals surface area contributed by atoms with Crippen LogP contribution in [-0.4, -0.2) is 25.2 Å². The number of pyridine rings is 1. The van der Waals surface area contributed by atoms with Gasteiger partial charge in [0.2, 0.25) is 5.91 Å². The Morgan fingerprint density at radius 3 is 2.63 bits per heavy atom. The van der Waals surface area contributed by atoms with Crippen molar-refractivity contribution in [2.45, 2.75) is 19.9 Å². The number of aryl methyl sites for hydroxylation is 1. The van der Waals surface area contributed by atoms with Crippen molar-refractivity contribution in [3.05, 3.63) is 40.5 Å². The second-order valence-corrected chi connectivity index (χ2v) is 7.59. The van der Waals surface area contributed by atoms with E-state index in [0.717, 1.165) is 37.7 Å². The van der Waals surface area contributed by atoms with Crippen molar-refractivity contribution < 1.29 is 4.79 Å². The number of amides is 1. The van der Waals surface area contributed by atoms with E-state index in [9.17, 15) is 4.79 Å². The minimum Gasteiger partial charge on any atom is -0.383 e. The van der Waals surface area contributed by atoms with E-state index < -0.39 is 5.91 Å². The van der Waals surface area contributed by atoms with Crippen molar-refractivity contribution in [1.29, 1.82) is 0 Å². The summed E-state index contributed by atoms with van der Waals surface area (Å²) in [6.45, 7) is 4.14. The number of anilines is 1. The molecule has 4 aromatic rings. The molecule has 0 radical (unpaired) electrons. The molecule has 4 rings (SSSR count). The van der Waals surface area contributed by atoms with Crippen molar-refractivity contribution in [3.63, 3.8) is 0 Å². The van der Waals surface area contributed by atoms with Gasteiger partial charge in [-0.3, -0.25) is 9.48 Å². The fourth-order valence-electron chi connectivity index (χ4n) is 3.48. The highest BCUT2D eigenvalue weighted by molar-refractivity contribution is 9.10. The van der Waals surface area contributed by atoms with Gasteiger partial charge in [-0.15, -0.1) is 0 Å². The van der Waals surface area contributed by atoms with Crippen LogP contribution in [0.3, 0.4) is 0 Å². The zero-order valence-corrected chi connectivity index (χ0v) is 16.8. The number of fused-ring (bicyclic) bond motifs is 2. The van der Waals surface area contributed by atoms with Gasteiger partial charge < -0.3 is 16.0 Å². The van der Waals surface area contributed by atoms with Crippen LogP contribution in [0, 0.1) is 0 Å². The Labute approximate surface area is 164 Å². The Hall–Kier alpha value is -2.87. The van der Waals surface area contributed by atoms with Crippen molar-refractivity contribution in [3.8, 4) is 11.4 Å². The number of hydrogen-bond donors (Lipinski definition) is 2. The van der Waals surface area contributed by atoms with E-state index in [0.29, 0.717) is 11.4 Å². The largest absolute Gasteiger partial charge is 0.383 e. The average Bonchev–Trinajstić information content (AvgIpc) is 3.12. The molecule has 0 aliphatic carbocycles. The zero-order chi connectivity index (χ0) is 19.5. The van der Waals surface area contributed by atoms with Crippen LogP contribution in [0.5, 0.6) is 0 Å². The highest BCUT2D eigenvalue weighted by Gasteiger charge is 2.23. The maximum atomic E-state index is 11.6. The Morgan fingerprint density at radius 1 is 1.22 bits per heavy atom. The summed E-state index contributed by atoms with van der Waals surface area (Å²) in [5.74, 6) is -0.0249. The number of rotatable bonds is 3. The lowest BCUT2D eigenvalue weighted by molar-refractivity contribution is 0.100. The molecule has 0 saturated heterocycles. The van der Waals surface area contributed by atoms with Gasteiger partial charge in [0.05, 0.1) is 26.6 Å². The third-order valence-corrected chi connectivity index (χ3v) is 5.59. The summed E-state index contributed by atoms with van der Waals surface area (Å²) >= 11 is 3.71. The third-order valence-electron chi connectivity index (χ3n) is 4.79. The molecule has 0 aliphatic rings.